The Bertz CT molecular complexity index is 939. The van der Waals surface area contributed by atoms with Crippen molar-refractivity contribution < 1.29 is 9.59 Å². The van der Waals surface area contributed by atoms with Crippen LogP contribution in [0.1, 0.15) is 38.5 Å². The van der Waals surface area contributed by atoms with E-state index in [9.17, 15) is 9.59 Å². The molecule has 4 nitrogen and oxygen atoms in total. The number of halogens is 1. The first kappa shape index (κ1) is 16.6. The molecule has 2 aromatic carbocycles. The summed E-state index contributed by atoms with van der Waals surface area (Å²) in [5, 5.41) is 3.46. The van der Waals surface area contributed by atoms with Crippen LogP contribution >= 0.6 is 11.6 Å². The van der Waals surface area contributed by atoms with E-state index in [-0.39, 0.29) is 11.7 Å². The lowest BCUT2D eigenvalue weighted by Crippen LogP contribution is -2.23. The summed E-state index contributed by atoms with van der Waals surface area (Å²) >= 11 is 5.93. The Hall–Kier alpha value is -2.85. The summed E-state index contributed by atoms with van der Waals surface area (Å²) in [6, 6.07) is 17.8. The number of aromatic amines is 1. The van der Waals surface area contributed by atoms with Gasteiger partial charge >= 0.3 is 0 Å². The molecular weight excluding hydrogens is 348 g/mol. The van der Waals surface area contributed by atoms with Crippen LogP contribution < -0.4 is 5.32 Å². The van der Waals surface area contributed by atoms with Crippen molar-refractivity contribution in [3.8, 4) is 11.1 Å². The Labute approximate surface area is 156 Å². The number of H-pyrrole nitrogens is 1. The predicted octanol–water partition coefficient (Wildman–Crippen LogP) is 4.24. The summed E-state index contributed by atoms with van der Waals surface area (Å²) in [6.07, 6.45) is 0.973. The first-order chi connectivity index (χ1) is 12.6. The molecule has 0 saturated carbocycles. The average molecular weight is 365 g/mol. The van der Waals surface area contributed by atoms with E-state index in [0.29, 0.717) is 30.6 Å². The number of hydrogen-bond donors (Lipinski definition) is 2. The standard InChI is InChI=1S/C21H17ClN2O2/c22-16-7-5-15(6-8-16)14-3-1-13(2-4-14)11-17-12-18-19(25)9-10-23-21(26)20(18)24-17/h1-8,12,24H,9-11H2,(H,23,26). The van der Waals surface area contributed by atoms with Crippen molar-refractivity contribution in [2.75, 3.05) is 6.54 Å². The highest BCUT2D eigenvalue weighted by Gasteiger charge is 2.23. The minimum atomic E-state index is -0.213. The normalized spacial score (nSPS) is 13.9. The fourth-order valence-electron chi connectivity index (χ4n) is 3.19. The molecule has 130 valence electrons. The lowest BCUT2D eigenvalue weighted by atomic mass is 10.0. The first-order valence-electron chi connectivity index (χ1n) is 8.48. The molecule has 5 heteroatoms. The molecule has 0 fully saturated rings. The van der Waals surface area contributed by atoms with Gasteiger partial charge in [-0.15, -0.1) is 0 Å². The molecule has 0 bridgehead atoms. The van der Waals surface area contributed by atoms with Crippen molar-refractivity contribution in [1.82, 2.24) is 10.3 Å². The lowest BCUT2D eigenvalue weighted by Gasteiger charge is -2.05. The third-order valence-electron chi connectivity index (χ3n) is 4.56. The van der Waals surface area contributed by atoms with Crippen molar-refractivity contribution in [3.63, 3.8) is 0 Å². The number of carbonyl (C=O) groups is 2. The maximum atomic E-state index is 12.1. The molecule has 3 aromatic rings. The molecule has 1 amide bonds. The van der Waals surface area contributed by atoms with Crippen molar-refractivity contribution >= 4 is 23.3 Å². The average Bonchev–Trinajstić information content (AvgIpc) is 3.02. The van der Waals surface area contributed by atoms with Gasteiger partial charge in [-0.05, 0) is 34.9 Å². The fourth-order valence-corrected chi connectivity index (χ4v) is 3.32. The Balaban J connectivity index is 1.56. The van der Waals surface area contributed by atoms with E-state index in [1.807, 2.05) is 24.3 Å². The number of aromatic nitrogens is 1. The zero-order valence-electron chi connectivity index (χ0n) is 14.0. The molecule has 1 aliphatic heterocycles. The van der Waals surface area contributed by atoms with Gasteiger partial charge in [-0.3, -0.25) is 9.59 Å². The van der Waals surface area contributed by atoms with Gasteiger partial charge in [-0.25, -0.2) is 0 Å². The predicted molar refractivity (Wildman–Crippen MR) is 102 cm³/mol. The zero-order chi connectivity index (χ0) is 18.1. The van der Waals surface area contributed by atoms with E-state index < -0.39 is 0 Å². The van der Waals surface area contributed by atoms with Gasteiger partial charge in [-0.1, -0.05) is 48.0 Å². The summed E-state index contributed by atoms with van der Waals surface area (Å²) in [5.41, 5.74) is 5.05. The monoisotopic (exact) mass is 364 g/mol. The van der Waals surface area contributed by atoms with Crippen LogP contribution in [0.4, 0.5) is 0 Å². The number of carbonyl (C=O) groups excluding carboxylic acids is 2. The number of nitrogens with one attached hydrogen (secondary N) is 2. The molecule has 2 heterocycles. The molecule has 0 radical (unpaired) electrons. The summed E-state index contributed by atoms with van der Waals surface area (Å²) in [7, 11) is 0. The van der Waals surface area contributed by atoms with Gasteiger partial charge in [0.2, 0.25) is 0 Å². The Morgan fingerprint density at radius 3 is 2.27 bits per heavy atom. The quantitative estimate of drug-likeness (QED) is 0.730. The Morgan fingerprint density at radius 1 is 0.923 bits per heavy atom. The van der Waals surface area contributed by atoms with E-state index in [1.165, 1.54) is 0 Å². The van der Waals surface area contributed by atoms with Crippen molar-refractivity contribution in [3.05, 3.63) is 82.1 Å². The van der Waals surface area contributed by atoms with E-state index >= 15 is 0 Å². The number of amides is 1. The molecule has 0 saturated heterocycles. The molecule has 4 rings (SSSR count). The summed E-state index contributed by atoms with van der Waals surface area (Å²) in [5.74, 6) is -0.214. The Kier molecular flexibility index (Phi) is 4.35. The molecule has 0 atom stereocenters. The minimum Gasteiger partial charge on any atom is -0.354 e. The van der Waals surface area contributed by atoms with Gasteiger partial charge < -0.3 is 10.3 Å². The topological polar surface area (TPSA) is 62.0 Å². The number of Topliss-reactive ketones (excluding diaryl/α,β-unsaturated/α-hetero) is 1. The van der Waals surface area contributed by atoms with Crippen LogP contribution in [0.2, 0.25) is 5.02 Å². The van der Waals surface area contributed by atoms with E-state index in [0.717, 1.165) is 27.4 Å². The third kappa shape index (κ3) is 3.28. The molecule has 2 N–H and O–H groups in total. The number of hydrogen-bond acceptors (Lipinski definition) is 2. The van der Waals surface area contributed by atoms with Crippen LogP contribution in [0.25, 0.3) is 11.1 Å². The maximum Gasteiger partial charge on any atom is 0.268 e. The number of fused-ring (bicyclic) bond motifs is 1. The van der Waals surface area contributed by atoms with Gasteiger partial charge in [0.05, 0.1) is 0 Å². The number of ketones is 1. The van der Waals surface area contributed by atoms with E-state index in [4.69, 9.17) is 11.6 Å². The molecular formula is C21H17ClN2O2. The molecule has 1 aliphatic rings. The second-order valence-corrected chi connectivity index (χ2v) is 6.83. The molecule has 26 heavy (non-hydrogen) atoms. The van der Waals surface area contributed by atoms with Gasteiger partial charge in [0.1, 0.15) is 5.69 Å². The lowest BCUT2D eigenvalue weighted by molar-refractivity contribution is 0.0951. The maximum absolute atomic E-state index is 12.1. The second-order valence-electron chi connectivity index (χ2n) is 6.39. The molecule has 0 unspecified atom stereocenters. The Morgan fingerprint density at radius 2 is 1.58 bits per heavy atom. The van der Waals surface area contributed by atoms with Crippen LogP contribution in [-0.4, -0.2) is 23.2 Å². The third-order valence-corrected chi connectivity index (χ3v) is 4.82. The highest BCUT2D eigenvalue weighted by Crippen LogP contribution is 2.23. The molecule has 0 spiro atoms. The van der Waals surface area contributed by atoms with Gasteiger partial charge in [0, 0.05) is 35.7 Å². The van der Waals surface area contributed by atoms with Crippen LogP contribution in [0, 0.1) is 0 Å². The fraction of sp³-hybridized carbons (Fsp3) is 0.143. The van der Waals surface area contributed by atoms with E-state index in [2.05, 4.69) is 34.6 Å². The minimum absolute atomic E-state index is 0.000985. The zero-order valence-corrected chi connectivity index (χ0v) is 14.8. The summed E-state index contributed by atoms with van der Waals surface area (Å²) in [4.78, 5) is 27.3. The second kappa shape index (κ2) is 6.81. The summed E-state index contributed by atoms with van der Waals surface area (Å²) < 4.78 is 0. The van der Waals surface area contributed by atoms with Crippen molar-refractivity contribution in [1.29, 1.82) is 0 Å². The van der Waals surface area contributed by atoms with Crippen molar-refractivity contribution in [2.24, 2.45) is 0 Å². The highest BCUT2D eigenvalue weighted by atomic mass is 35.5. The molecule has 1 aromatic heterocycles. The smallest absolute Gasteiger partial charge is 0.268 e. The first-order valence-corrected chi connectivity index (χ1v) is 8.86. The van der Waals surface area contributed by atoms with Gasteiger partial charge in [0.15, 0.2) is 5.78 Å². The van der Waals surface area contributed by atoms with Crippen LogP contribution in [0.3, 0.4) is 0 Å². The van der Waals surface area contributed by atoms with Crippen molar-refractivity contribution in [2.45, 2.75) is 12.8 Å². The van der Waals surface area contributed by atoms with Gasteiger partial charge in [0.25, 0.3) is 5.91 Å². The van der Waals surface area contributed by atoms with E-state index in [1.54, 1.807) is 6.07 Å². The van der Waals surface area contributed by atoms with Crippen LogP contribution in [0.5, 0.6) is 0 Å². The molecule has 0 aliphatic carbocycles. The van der Waals surface area contributed by atoms with Gasteiger partial charge in [-0.2, -0.15) is 0 Å². The highest BCUT2D eigenvalue weighted by molar-refractivity contribution is 6.30. The number of rotatable bonds is 3. The van der Waals surface area contributed by atoms with Crippen LogP contribution in [0.15, 0.2) is 54.6 Å². The SMILES string of the molecule is O=C1CCNC(=O)c2[nH]c(Cc3ccc(-c4ccc(Cl)cc4)cc3)cc21. The largest absolute Gasteiger partial charge is 0.354 e. The summed E-state index contributed by atoms with van der Waals surface area (Å²) in [6.45, 7) is 0.391. The van der Waals surface area contributed by atoms with Crippen LogP contribution in [-0.2, 0) is 6.42 Å². The number of benzene rings is 2.